The third kappa shape index (κ3) is 4.54. The largest absolute Gasteiger partial charge is 0.454 e. The van der Waals surface area contributed by atoms with Gasteiger partial charge in [0.1, 0.15) is 12.2 Å². The van der Waals surface area contributed by atoms with Crippen LogP contribution in [-0.4, -0.2) is 24.1 Å². The van der Waals surface area contributed by atoms with Gasteiger partial charge in [-0.1, -0.05) is 90.8 Å². The average molecular weight is 559 g/mol. The van der Waals surface area contributed by atoms with Crippen LogP contribution in [0.4, 0.5) is 0 Å². The number of esters is 2. The Balaban J connectivity index is 1.49. The normalized spacial score (nSPS) is 22.1. The second-order valence-electron chi connectivity index (χ2n) is 12.3. The van der Waals surface area contributed by atoms with Crippen molar-refractivity contribution in [2.45, 2.75) is 78.4 Å². The van der Waals surface area contributed by atoms with Crippen LogP contribution in [0.5, 0.6) is 0 Å². The Labute approximate surface area is 248 Å². The minimum Gasteiger partial charge on any atom is -0.454 e. The van der Waals surface area contributed by atoms with Gasteiger partial charge in [-0.05, 0) is 86.1 Å². The van der Waals surface area contributed by atoms with E-state index in [1.165, 1.54) is 11.1 Å². The van der Waals surface area contributed by atoms with Gasteiger partial charge >= 0.3 is 11.9 Å². The van der Waals surface area contributed by atoms with Gasteiger partial charge in [0, 0.05) is 17.8 Å². The Kier molecular flexibility index (Phi) is 7.04. The molecular formula is C38H38O4. The Morgan fingerprint density at radius 3 is 1.40 bits per heavy atom. The lowest BCUT2D eigenvalue weighted by atomic mass is 9.63. The minimum atomic E-state index is -0.683. The molecule has 4 nitrogen and oxygen atoms in total. The van der Waals surface area contributed by atoms with E-state index in [2.05, 4.69) is 43.3 Å². The molecule has 0 aromatic heterocycles. The molecule has 0 spiro atoms. The molecule has 4 aromatic rings. The van der Waals surface area contributed by atoms with Crippen molar-refractivity contribution in [3.8, 4) is 0 Å². The van der Waals surface area contributed by atoms with Crippen LogP contribution in [0.15, 0.2) is 72.8 Å². The Morgan fingerprint density at radius 2 is 0.929 bits per heavy atom. The van der Waals surface area contributed by atoms with Crippen LogP contribution in [0.25, 0.3) is 0 Å². The molecule has 214 valence electrons. The molecule has 0 saturated carbocycles. The fourth-order valence-corrected chi connectivity index (χ4v) is 7.66. The highest BCUT2D eigenvalue weighted by Crippen LogP contribution is 2.58. The van der Waals surface area contributed by atoms with E-state index >= 15 is 0 Å². The number of hydrogen-bond donors (Lipinski definition) is 0. The monoisotopic (exact) mass is 558 g/mol. The number of ether oxygens (including phenoxy) is 2. The molecule has 5 atom stereocenters. The zero-order chi connectivity index (χ0) is 29.9. The summed E-state index contributed by atoms with van der Waals surface area (Å²) in [6.45, 7) is 13.9. The number of benzene rings is 4. The number of hydrogen-bond acceptors (Lipinski definition) is 4. The summed E-state index contributed by atoms with van der Waals surface area (Å²) in [6.07, 6.45) is -1.35. The second kappa shape index (κ2) is 10.6. The highest BCUT2D eigenvalue weighted by atomic mass is 16.6. The number of rotatable bonds is 4. The van der Waals surface area contributed by atoms with Crippen LogP contribution in [0, 0.1) is 41.5 Å². The molecule has 4 unspecified atom stereocenters. The number of fused-ring (bicyclic) bond motifs is 6. The lowest BCUT2D eigenvalue weighted by Gasteiger charge is -2.44. The predicted octanol–water partition coefficient (Wildman–Crippen LogP) is 8.33. The summed E-state index contributed by atoms with van der Waals surface area (Å²) in [4.78, 5) is 28.0. The lowest BCUT2D eigenvalue weighted by molar-refractivity contribution is -0.0545. The topological polar surface area (TPSA) is 52.6 Å². The summed E-state index contributed by atoms with van der Waals surface area (Å²) in [7, 11) is 0. The molecule has 0 heterocycles. The highest BCUT2D eigenvalue weighted by Gasteiger charge is 2.53. The maximum atomic E-state index is 14.0. The molecule has 4 aromatic carbocycles. The molecule has 0 bridgehead atoms. The van der Waals surface area contributed by atoms with Crippen molar-refractivity contribution < 1.29 is 19.1 Å². The average Bonchev–Trinajstić information content (AvgIpc) is 2.98. The van der Waals surface area contributed by atoms with Gasteiger partial charge in [0.2, 0.25) is 0 Å². The molecule has 42 heavy (non-hydrogen) atoms. The first kappa shape index (κ1) is 28.0. The van der Waals surface area contributed by atoms with Gasteiger partial charge in [0.15, 0.2) is 0 Å². The van der Waals surface area contributed by atoms with Gasteiger partial charge in [-0.3, -0.25) is 0 Å². The summed E-state index contributed by atoms with van der Waals surface area (Å²) in [5.41, 5.74) is 11.6. The van der Waals surface area contributed by atoms with Gasteiger partial charge in [0.05, 0.1) is 11.1 Å². The van der Waals surface area contributed by atoms with E-state index in [1.54, 1.807) is 0 Å². The number of carbonyl (C=O) groups excluding carboxylic acids is 2. The molecule has 4 heteroatoms. The number of carbonyl (C=O) groups is 2. The fourth-order valence-electron chi connectivity index (χ4n) is 7.66. The first-order valence-corrected chi connectivity index (χ1v) is 14.8. The van der Waals surface area contributed by atoms with Crippen LogP contribution in [0.3, 0.4) is 0 Å². The van der Waals surface area contributed by atoms with E-state index in [1.807, 2.05) is 77.9 Å². The van der Waals surface area contributed by atoms with E-state index in [-0.39, 0.29) is 29.7 Å². The van der Waals surface area contributed by atoms with Gasteiger partial charge in [0.25, 0.3) is 0 Å². The van der Waals surface area contributed by atoms with Crippen molar-refractivity contribution in [1.82, 2.24) is 0 Å². The molecule has 0 fully saturated rings. The van der Waals surface area contributed by atoms with Crippen LogP contribution < -0.4 is 0 Å². The Hall–Kier alpha value is -4.18. The van der Waals surface area contributed by atoms with Crippen LogP contribution >= 0.6 is 0 Å². The lowest BCUT2D eigenvalue weighted by Crippen LogP contribution is -2.46. The molecule has 0 radical (unpaired) electrons. The minimum absolute atomic E-state index is 0.0458. The molecule has 0 saturated heterocycles. The smallest absolute Gasteiger partial charge is 0.339 e. The summed E-state index contributed by atoms with van der Waals surface area (Å²) in [5, 5.41) is 0. The molecule has 2 aliphatic carbocycles. The van der Waals surface area contributed by atoms with Gasteiger partial charge in [-0.15, -0.1) is 0 Å². The SMILES string of the molecule is Cc1cc(C)c(C(=O)OC2C(C)c3ccccc3C3c4ccccc4[C@@H]3C2OC(=O)c2c(C)cc(C)cc2C)c(C)c1. The standard InChI is InChI=1S/C38H38O4/c1-20-16-22(3)31(23(4)17-20)37(39)41-35-26(7)27-12-8-9-13-28(27)33-29-14-10-11-15-30(29)34(33)36(35)42-38(40)32-24(5)18-21(2)19-25(32)6/h8-19,26,33-36H,1-7H3/t26?,33?,34-,35?,36?/m0/s1. The van der Waals surface area contributed by atoms with Crippen molar-refractivity contribution in [1.29, 1.82) is 0 Å². The molecule has 0 amide bonds. The zero-order valence-electron chi connectivity index (χ0n) is 25.4. The fraction of sp³-hybridized carbons (Fsp3) is 0.316. The van der Waals surface area contributed by atoms with E-state index < -0.39 is 12.2 Å². The molecule has 0 aliphatic heterocycles. The Bertz CT molecular complexity index is 1690. The first-order valence-electron chi connectivity index (χ1n) is 14.8. The maximum absolute atomic E-state index is 14.0. The predicted molar refractivity (Wildman–Crippen MR) is 166 cm³/mol. The summed E-state index contributed by atoms with van der Waals surface area (Å²) in [6, 6.07) is 24.8. The van der Waals surface area contributed by atoms with Crippen LogP contribution in [-0.2, 0) is 9.47 Å². The number of aryl methyl sites for hydroxylation is 6. The maximum Gasteiger partial charge on any atom is 0.339 e. The Morgan fingerprint density at radius 1 is 0.548 bits per heavy atom. The zero-order valence-corrected chi connectivity index (χ0v) is 25.4. The van der Waals surface area contributed by atoms with Crippen molar-refractivity contribution in [3.63, 3.8) is 0 Å². The first-order chi connectivity index (χ1) is 20.1. The molecule has 0 N–H and O–H groups in total. The third-order valence-corrected chi connectivity index (χ3v) is 9.29. The molecule has 2 aliphatic rings. The van der Waals surface area contributed by atoms with Crippen LogP contribution in [0.1, 0.15) is 101 Å². The van der Waals surface area contributed by atoms with E-state index in [0.717, 1.165) is 44.5 Å². The van der Waals surface area contributed by atoms with Gasteiger partial charge < -0.3 is 9.47 Å². The van der Waals surface area contributed by atoms with Crippen molar-refractivity contribution in [2.75, 3.05) is 0 Å². The van der Waals surface area contributed by atoms with Crippen molar-refractivity contribution in [3.05, 3.63) is 140 Å². The molecule has 6 rings (SSSR count). The summed E-state index contributed by atoms with van der Waals surface area (Å²) < 4.78 is 13.1. The van der Waals surface area contributed by atoms with E-state index in [0.29, 0.717) is 11.1 Å². The third-order valence-electron chi connectivity index (χ3n) is 9.29. The quantitative estimate of drug-likeness (QED) is 0.236. The van der Waals surface area contributed by atoms with Gasteiger partial charge in [-0.2, -0.15) is 0 Å². The highest BCUT2D eigenvalue weighted by molar-refractivity contribution is 5.94. The van der Waals surface area contributed by atoms with Crippen molar-refractivity contribution in [2.24, 2.45) is 0 Å². The summed E-state index contributed by atoms with van der Waals surface area (Å²) >= 11 is 0. The van der Waals surface area contributed by atoms with Crippen molar-refractivity contribution >= 4 is 11.9 Å². The summed E-state index contributed by atoms with van der Waals surface area (Å²) in [5.74, 6) is -1.05. The van der Waals surface area contributed by atoms with E-state index in [9.17, 15) is 9.59 Å². The van der Waals surface area contributed by atoms with E-state index in [4.69, 9.17) is 9.47 Å². The molecular weight excluding hydrogens is 520 g/mol. The van der Waals surface area contributed by atoms with Gasteiger partial charge in [-0.25, -0.2) is 9.59 Å². The second-order valence-corrected chi connectivity index (χ2v) is 12.3. The van der Waals surface area contributed by atoms with Crippen LogP contribution in [0.2, 0.25) is 0 Å².